The van der Waals surface area contributed by atoms with E-state index in [9.17, 15) is 13.2 Å². The third-order valence-electron chi connectivity index (χ3n) is 4.79. The maximum absolute atomic E-state index is 12.7. The fourth-order valence-corrected chi connectivity index (χ4v) is 5.23. The number of hydrogen-bond donors (Lipinski definition) is 1. The van der Waals surface area contributed by atoms with Crippen LogP contribution in [-0.4, -0.2) is 38.3 Å². The second-order valence-electron chi connectivity index (χ2n) is 6.45. The van der Waals surface area contributed by atoms with Crippen LogP contribution in [0.5, 0.6) is 0 Å². The third-order valence-corrected chi connectivity index (χ3v) is 7.32. The molecule has 1 aliphatic carbocycles. The van der Waals surface area contributed by atoms with Gasteiger partial charge in [0.25, 0.3) is 5.91 Å². The van der Waals surface area contributed by atoms with E-state index in [0.717, 1.165) is 12.8 Å². The predicted octanol–water partition coefficient (Wildman–Crippen LogP) is 3.68. The minimum absolute atomic E-state index is 0.0109. The minimum atomic E-state index is -3.70. The average molecular weight is 387 g/mol. The van der Waals surface area contributed by atoms with Gasteiger partial charge in [-0.25, -0.2) is 8.42 Å². The van der Waals surface area contributed by atoms with Crippen LogP contribution in [-0.2, 0) is 10.0 Å². The summed E-state index contributed by atoms with van der Waals surface area (Å²) in [6, 6.07) is 4.43. The molecule has 0 heterocycles. The Labute approximate surface area is 155 Å². The van der Waals surface area contributed by atoms with Gasteiger partial charge in [0.2, 0.25) is 10.0 Å². The molecule has 0 aliphatic heterocycles. The first-order chi connectivity index (χ1) is 11.9. The molecule has 2 rings (SSSR count). The van der Waals surface area contributed by atoms with Crippen LogP contribution in [0, 0.1) is 5.92 Å². The van der Waals surface area contributed by atoms with E-state index in [1.165, 1.54) is 35.7 Å². The van der Waals surface area contributed by atoms with Crippen molar-refractivity contribution < 1.29 is 13.2 Å². The zero-order chi connectivity index (χ0) is 18.4. The van der Waals surface area contributed by atoms with Crippen LogP contribution < -0.4 is 5.32 Å². The first kappa shape index (κ1) is 20.2. The molecule has 1 fully saturated rings. The zero-order valence-corrected chi connectivity index (χ0v) is 16.5. The molecule has 0 aromatic heterocycles. The van der Waals surface area contributed by atoms with Gasteiger partial charge in [0.15, 0.2) is 0 Å². The van der Waals surface area contributed by atoms with Gasteiger partial charge in [-0.1, -0.05) is 44.7 Å². The second-order valence-corrected chi connectivity index (χ2v) is 8.76. The number of nitrogens with one attached hydrogen (secondary N) is 1. The van der Waals surface area contributed by atoms with Gasteiger partial charge < -0.3 is 5.32 Å². The highest BCUT2D eigenvalue weighted by atomic mass is 35.5. The molecule has 1 N–H and O–H groups in total. The smallest absolute Gasteiger partial charge is 0.251 e. The number of carbonyl (C=O) groups is 1. The number of rotatable bonds is 7. The van der Waals surface area contributed by atoms with Crippen molar-refractivity contribution in [3.63, 3.8) is 0 Å². The van der Waals surface area contributed by atoms with Gasteiger partial charge in [-0.2, -0.15) is 4.31 Å². The van der Waals surface area contributed by atoms with Gasteiger partial charge in [0, 0.05) is 25.2 Å². The molecule has 0 atom stereocenters. The number of amides is 1. The Morgan fingerprint density at radius 3 is 2.44 bits per heavy atom. The summed E-state index contributed by atoms with van der Waals surface area (Å²) in [7, 11) is -3.70. The lowest BCUT2D eigenvalue weighted by Gasteiger charge is -2.22. The quantitative estimate of drug-likeness (QED) is 0.777. The molecule has 1 amide bonds. The number of hydrogen-bond acceptors (Lipinski definition) is 3. The molecular weight excluding hydrogens is 360 g/mol. The SMILES string of the molecule is CCN(CC)S(=O)(=O)c1cc(C(=O)NCC2CCCCC2)ccc1Cl. The minimum Gasteiger partial charge on any atom is -0.352 e. The van der Waals surface area contributed by atoms with E-state index in [2.05, 4.69) is 5.32 Å². The molecule has 0 saturated heterocycles. The van der Waals surface area contributed by atoms with Crippen molar-refractivity contribution in [3.05, 3.63) is 28.8 Å². The summed E-state index contributed by atoms with van der Waals surface area (Å²) in [6.07, 6.45) is 5.99. The Kier molecular flexibility index (Phi) is 7.28. The Bertz CT molecular complexity index is 696. The molecule has 1 saturated carbocycles. The van der Waals surface area contributed by atoms with E-state index < -0.39 is 10.0 Å². The normalized spacial score (nSPS) is 16.2. The predicted molar refractivity (Wildman–Crippen MR) is 100 cm³/mol. The molecule has 0 radical (unpaired) electrons. The van der Waals surface area contributed by atoms with Gasteiger partial charge in [0.1, 0.15) is 4.90 Å². The Morgan fingerprint density at radius 1 is 1.20 bits per heavy atom. The van der Waals surface area contributed by atoms with E-state index in [1.807, 2.05) is 0 Å². The molecular formula is C18H27ClN2O3S. The number of sulfonamides is 1. The Morgan fingerprint density at radius 2 is 1.84 bits per heavy atom. The van der Waals surface area contributed by atoms with Crippen LogP contribution in [0.3, 0.4) is 0 Å². The first-order valence-corrected chi connectivity index (χ1v) is 10.8. The van der Waals surface area contributed by atoms with E-state index >= 15 is 0 Å². The highest BCUT2D eigenvalue weighted by Crippen LogP contribution is 2.26. The number of benzene rings is 1. The Hall–Kier alpha value is -1.11. The number of halogens is 1. The van der Waals surface area contributed by atoms with Crippen molar-refractivity contribution in [1.82, 2.24) is 9.62 Å². The monoisotopic (exact) mass is 386 g/mol. The summed E-state index contributed by atoms with van der Waals surface area (Å²) in [4.78, 5) is 12.4. The maximum Gasteiger partial charge on any atom is 0.251 e. The first-order valence-electron chi connectivity index (χ1n) is 8.98. The van der Waals surface area contributed by atoms with Gasteiger partial charge in [-0.3, -0.25) is 4.79 Å². The molecule has 1 aliphatic rings. The summed E-state index contributed by atoms with van der Waals surface area (Å²) in [6.45, 7) is 4.89. The lowest BCUT2D eigenvalue weighted by molar-refractivity contribution is 0.0943. The van der Waals surface area contributed by atoms with Crippen LogP contribution in [0.1, 0.15) is 56.3 Å². The van der Waals surface area contributed by atoms with E-state index in [-0.39, 0.29) is 15.8 Å². The number of carbonyl (C=O) groups excluding carboxylic acids is 1. The van der Waals surface area contributed by atoms with Crippen LogP contribution in [0.15, 0.2) is 23.1 Å². The second kappa shape index (κ2) is 9.01. The van der Waals surface area contributed by atoms with Crippen molar-refractivity contribution >= 4 is 27.5 Å². The van der Waals surface area contributed by atoms with Gasteiger partial charge in [-0.05, 0) is 37.0 Å². The summed E-state index contributed by atoms with van der Waals surface area (Å²) >= 11 is 6.10. The molecule has 7 heteroatoms. The third kappa shape index (κ3) is 4.96. The van der Waals surface area contributed by atoms with Crippen molar-refractivity contribution in [2.75, 3.05) is 19.6 Å². The highest BCUT2D eigenvalue weighted by Gasteiger charge is 2.25. The van der Waals surface area contributed by atoms with Crippen LogP contribution in [0.25, 0.3) is 0 Å². The molecule has 25 heavy (non-hydrogen) atoms. The standard InChI is InChI=1S/C18H27ClN2O3S/c1-3-21(4-2)25(23,24)17-12-15(10-11-16(17)19)18(22)20-13-14-8-6-5-7-9-14/h10-12,14H,3-9,13H2,1-2H3,(H,20,22). The average Bonchev–Trinajstić information content (AvgIpc) is 2.61. The molecule has 0 bridgehead atoms. The van der Waals surface area contributed by atoms with Gasteiger partial charge >= 0.3 is 0 Å². The zero-order valence-electron chi connectivity index (χ0n) is 14.9. The summed E-state index contributed by atoms with van der Waals surface area (Å²) < 4.78 is 26.7. The van der Waals surface area contributed by atoms with Crippen molar-refractivity contribution in [2.24, 2.45) is 5.92 Å². The summed E-state index contributed by atoms with van der Waals surface area (Å²) in [5.41, 5.74) is 0.325. The molecule has 1 aromatic carbocycles. The lowest BCUT2D eigenvalue weighted by Crippen LogP contribution is -2.32. The maximum atomic E-state index is 12.7. The van der Waals surface area contributed by atoms with Crippen molar-refractivity contribution in [2.45, 2.75) is 50.8 Å². The van der Waals surface area contributed by atoms with E-state index in [1.54, 1.807) is 19.9 Å². The fourth-order valence-electron chi connectivity index (χ4n) is 3.28. The van der Waals surface area contributed by atoms with Gasteiger partial charge in [-0.15, -0.1) is 0 Å². The largest absolute Gasteiger partial charge is 0.352 e. The van der Waals surface area contributed by atoms with E-state index in [4.69, 9.17) is 11.6 Å². The molecule has 0 spiro atoms. The topological polar surface area (TPSA) is 66.5 Å². The van der Waals surface area contributed by atoms with Crippen molar-refractivity contribution in [3.8, 4) is 0 Å². The number of nitrogens with zero attached hydrogens (tertiary/aromatic N) is 1. The molecule has 1 aromatic rings. The van der Waals surface area contributed by atoms with Gasteiger partial charge in [0.05, 0.1) is 5.02 Å². The molecule has 5 nitrogen and oxygen atoms in total. The highest BCUT2D eigenvalue weighted by molar-refractivity contribution is 7.89. The molecule has 140 valence electrons. The summed E-state index contributed by atoms with van der Waals surface area (Å²) in [5, 5.41) is 3.07. The lowest BCUT2D eigenvalue weighted by atomic mass is 9.89. The van der Waals surface area contributed by atoms with E-state index in [0.29, 0.717) is 31.1 Å². The molecule has 0 unspecified atom stereocenters. The van der Waals surface area contributed by atoms with Crippen LogP contribution in [0.4, 0.5) is 0 Å². The van der Waals surface area contributed by atoms with Crippen LogP contribution in [0.2, 0.25) is 5.02 Å². The summed E-state index contributed by atoms with van der Waals surface area (Å²) in [5.74, 6) is 0.266. The van der Waals surface area contributed by atoms with Crippen molar-refractivity contribution in [1.29, 1.82) is 0 Å². The Balaban J connectivity index is 2.15. The van der Waals surface area contributed by atoms with Crippen LogP contribution >= 0.6 is 11.6 Å². The fraction of sp³-hybridized carbons (Fsp3) is 0.611.